The average molecular weight is 457 g/mol. The number of carbonyl (C=O) groups excluding carboxylic acids is 2. The van der Waals surface area contributed by atoms with Gasteiger partial charge < -0.3 is 19.7 Å². The molecule has 0 radical (unpaired) electrons. The Kier molecular flexibility index (Phi) is 6.13. The summed E-state index contributed by atoms with van der Waals surface area (Å²) in [7, 11) is 0. The minimum absolute atomic E-state index is 0.0858. The molecule has 2 aromatic heterocycles. The summed E-state index contributed by atoms with van der Waals surface area (Å²) < 4.78 is 12.4. The topological polar surface area (TPSA) is 103 Å². The Bertz CT molecular complexity index is 1250. The summed E-state index contributed by atoms with van der Waals surface area (Å²) in [4.78, 5) is 45.2. The number of ether oxygens (including phenoxy) is 2. The van der Waals surface area contributed by atoms with Crippen molar-refractivity contribution in [2.24, 2.45) is 0 Å². The Hall–Kier alpha value is -3.40. The quantitative estimate of drug-likeness (QED) is 0.612. The maximum atomic E-state index is 13.0. The fourth-order valence-electron chi connectivity index (χ4n) is 3.62. The van der Waals surface area contributed by atoms with E-state index in [1.54, 1.807) is 30.0 Å². The molecule has 0 unspecified atom stereocenters. The Morgan fingerprint density at radius 2 is 1.91 bits per heavy atom. The van der Waals surface area contributed by atoms with Crippen LogP contribution in [0.5, 0.6) is 11.5 Å². The first-order valence-electron chi connectivity index (χ1n) is 10.4. The highest BCUT2D eigenvalue weighted by atomic mass is 32.1. The van der Waals surface area contributed by atoms with Gasteiger partial charge in [-0.1, -0.05) is 0 Å². The lowest BCUT2D eigenvalue weighted by atomic mass is 10.2. The first kappa shape index (κ1) is 21.8. The number of aromatic nitrogens is 2. The molecule has 0 bridgehead atoms. The molecule has 0 atom stereocenters. The van der Waals surface area contributed by atoms with Gasteiger partial charge in [0.1, 0.15) is 24.6 Å². The number of fused-ring (bicyclic) bond motifs is 2. The van der Waals surface area contributed by atoms with E-state index < -0.39 is 0 Å². The van der Waals surface area contributed by atoms with Crippen LogP contribution in [0.1, 0.15) is 29.1 Å². The average Bonchev–Trinajstić information content (AvgIpc) is 3.13. The monoisotopic (exact) mass is 456 g/mol. The first-order chi connectivity index (χ1) is 15.4. The molecule has 0 aliphatic carbocycles. The van der Waals surface area contributed by atoms with Gasteiger partial charge in [-0.15, -0.1) is 11.3 Å². The number of benzene rings is 1. The number of nitrogens with one attached hydrogen (secondary N) is 1. The van der Waals surface area contributed by atoms with Crippen molar-refractivity contribution in [1.82, 2.24) is 14.5 Å². The summed E-state index contributed by atoms with van der Waals surface area (Å²) in [6, 6.07) is 5.19. The van der Waals surface area contributed by atoms with Gasteiger partial charge in [-0.05, 0) is 38.5 Å². The van der Waals surface area contributed by atoms with Crippen molar-refractivity contribution in [2.45, 2.75) is 27.3 Å². The summed E-state index contributed by atoms with van der Waals surface area (Å²) in [5.74, 6) is 0.718. The van der Waals surface area contributed by atoms with Gasteiger partial charge in [0.2, 0.25) is 5.91 Å². The fourth-order valence-corrected chi connectivity index (χ4v) is 4.65. The molecule has 168 valence electrons. The van der Waals surface area contributed by atoms with Gasteiger partial charge in [0.05, 0.1) is 16.6 Å². The zero-order chi connectivity index (χ0) is 22.8. The van der Waals surface area contributed by atoms with E-state index in [1.165, 1.54) is 10.9 Å². The highest BCUT2D eigenvalue weighted by Gasteiger charge is 2.21. The molecule has 0 fully saturated rings. The van der Waals surface area contributed by atoms with E-state index in [0.29, 0.717) is 64.1 Å². The number of nitrogens with zero attached hydrogens (tertiary/aromatic N) is 3. The standard InChI is InChI=1S/C22H24N4O5S/c1-4-25(5-2)17(27)11-26-12-23-21-18(22(26)29)13(3)19(32-21)20(28)24-14-6-7-15-16(10-14)31-9-8-30-15/h6-7,10,12H,4-5,8-9,11H2,1-3H3,(H,24,28). The summed E-state index contributed by atoms with van der Waals surface area (Å²) >= 11 is 1.15. The molecule has 0 saturated carbocycles. The predicted molar refractivity (Wildman–Crippen MR) is 122 cm³/mol. The van der Waals surface area contributed by atoms with E-state index in [-0.39, 0.29) is 23.9 Å². The highest BCUT2D eigenvalue weighted by molar-refractivity contribution is 7.20. The molecule has 4 rings (SSSR count). The van der Waals surface area contributed by atoms with Gasteiger partial charge in [-0.2, -0.15) is 0 Å². The Morgan fingerprint density at radius 3 is 2.62 bits per heavy atom. The molecule has 0 spiro atoms. The molecule has 9 nitrogen and oxygen atoms in total. The molecule has 1 aromatic carbocycles. The lowest BCUT2D eigenvalue weighted by Gasteiger charge is -2.19. The second-order valence-corrected chi connectivity index (χ2v) is 8.29. The van der Waals surface area contributed by atoms with E-state index in [0.717, 1.165) is 11.3 Å². The molecule has 0 saturated heterocycles. The number of amides is 2. The Balaban J connectivity index is 1.60. The number of rotatable bonds is 6. The maximum absolute atomic E-state index is 13.0. The molecule has 1 aliphatic heterocycles. The van der Waals surface area contributed by atoms with Crippen molar-refractivity contribution in [1.29, 1.82) is 0 Å². The largest absolute Gasteiger partial charge is 0.486 e. The maximum Gasteiger partial charge on any atom is 0.266 e. The van der Waals surface area contributed by atoms with Crippen LogP contribution in [0.15, 0.2) is 29.3 Å². The van der Waals surface area contributed by atoms with Crippen molar-refractivity contribution < 1.29 is 19.1 Å². The van der Waals surface area contributed by atoms with Gasteiger partial charge in [-0.25, -0.2) is 4.98 Å². The third kappa shape index (κ3) is 4.05. The molecule has 32 heavy (non-hydrogen) atoms. The minimum Gasteiger partial charge on any atom is -0.486 e. The fraction of sp³-hybridized carbons (Fsp3) is 0.364. The summed E-state index contributed by atoms with van der Waals surface area (Å²) in [6.45, 7) is 7.50. The van der Waals surface area contributed by atoms with Crippen molar-refractivity contribution in [3.05, 3.63) is 45.3 Å². The number of aryl methyl sites for hydroxylation is 1. The van der Waals surface area contributed by atoms with Crippen molar-refractivity contribution in [3.63, 3.8) is 0 Å². The molecule has 3 heterocycles. The normalized spacial score (nSPS) is 12.6. The molecule has 1 aliphatic rings. The molecule has 1 N–H and O–H groups in total. The number of thiophene rings is 1. The van der Waals surface area contributed by atoms with Crippen molar-refractivity contribution in [2.75, 3.05) is 31.6 Å². The van der Waals surface area contributed by atoms with Crippen LogP contribution >= 0.6 is 11.3 Å². The van der Waals surface area contributed by atoms with Gasteiger partial charge in [0.25, 0.3) is 11.5 Å². The zero-order valence-corrected chi connectivity index (χ0v) is 19.0. The summed E-state index contributed by atoms with van der Waals surface area (Å²) in [5, 5.41) is 3.20. The Morgan fingerprint density at radius 1 is 1.19 bits per heavy atom. The van der Waals surface area contributed by atoms with Gasteiger partial charge in [0.15, 0.2) is 11.5 Å². The lowest BCUT2D eigenvalue weighted by molar-refractivity contribution is -0.131. The van der Waals surface area contributed by atoms with Crippen LogP contribution < -0.4 is 20.3 Å². The molecule has 10 heteroatoms. The lowest BCUT2D eigenvalue weighted by Crippen LogP contribution is -2.36. The van der Waals surface area contributed by atoms with E-state index in [2.05, 4.69) is 10.3 Å². The first-order valence-corrected chi connectivity index (χ1v) is 11.2. The van der Waals surface area contributed by atoms with Crippen LogP contribution in [0.4, 0.5) is 5.69 Å². The van der Waals surface area contributed by atoms with Crippen LogP contribution in [0.3, 0.4) is 0 Å². The zero-order valence-electron chi connectivity index (χ0n) is 18.1. The molecular weight excluding hydrogens is 432 g/mol. The van der Waals surface area contributed by atoms with Crippen molar-refractivity contribution >= 4 is 39.1 Å². The van der Waals surface area contributed by atoms with Crippen LogP contribution in [-0.2, 0) is 11.3 Å². The second-order valence-electron chi connectivity index (χ2n) is 7.29. The van der Waals surface area contributed by atoms with E-state index >= 15 is 0 Å². The van der Waals surface area contributed by atoms with Crippen LogP contribution in [0, 0.1) is 6.92 Å². The van der Waals surface area contributed by atoms with Gasteiger partial charge >= 0.3 is 0 Å². The van der Waals surface area contributed by atoms with Crippen molar-refractivity contribution in [3.8, 4) is 11.5 Å². The number of carbonyl (C=O) groups is 2. The molecule has 2 amide bonds. The van der Waals surface area contributed by atoms with Gasteiger partial charge in [0, 0.05) is 24.8 Å². The predicted octanol–water partition coefficient (Wildman–Crippen LogP) is 2.66. The SMILES string of the molecule is CCN(CC)C(=O)Cn1cnc2sc(C(=O)Nc3ccc4c(c3)OCCO4)c(C)c2c1=O. The highest BCUT2D eigenvalue weighted by Crippen LogP contribution is 2.33. The minimum atomic E-state index is -0.340. The molecule has 3 aromatic rings. The van der Waals surface area contributed by atoms with E-state index in [1.807, 2.05) is 13.8 Å². The third-order valence-corrected chi connectivity index (χ3v) is 6.54. The van der Waals surface area contributed by atoms with Crippen LogP contribution in [0.25, 0.3) is 10.2 Å². The summed E-state index contributed by atoms with van der Waals surface area (Å²) in [5.41, 5.74) is 0.774. The number of hydrogen-bond donors (Lipinski definition) is 1. The number of likely N-dealkylation sites (N-methyl/N-ethyl adjacent to an activating group) is 1. The van der Waals surface area contributed by atoms with E-state index in [4.69, 9.17) is 9.47 Å². The van der Waals surface area contributed by atoms with Gasteiger partial charge in [-0.3, -0.25) is 19.0 Å². The molecular formula is C22H24N4O5S. The second kappa shape index (κ2) is 8.99. The van der Waals surface area contributed by atoms with Crippen LogP contribution in [-0.4, -0.2) is 52.6 Å². The van der Waals surface area contributed by atoms with Crippen LogP contribution in [0.2, 0.25) is 0 Å². The summed E-state index contributed by atoms with van der Waals surface area (Å²) in [6.07, 6.45) is 1.37. The number of hydrogen-bond acceptors (Lipinski definition) is 7. The Labute approximate surface area is 188 Å². The third-order valence-electron chi connectivity index (χ3n) is 5.35. The number of anilines is 1. The van der Waals surface area contributed by atoms with E-state index in [9.17, 15) is 14.4 Å². The smallest absolute Gasteiger partial charge is 0.266 e.